The molecule has 0 spiro atoms. The summed E-state index contributed by atoms with van der Waals surface area (Å²) in [6.45, 7) is 4.41. The first-order valence-corrected chi connectivity index (χ1v) is 9.14. The van der Waals surface area contributed by atoms with Gasteiger partial charge >= 0.3 is 0 Å². The third-order valence-electron chi connectivity index (χ3n) is 4.71. The van der Waals surface area contributed by atoms with E-state index in [0.717, 1.165) is 43.9 Å². The van der Waals surface area contributed by atoms with Gasteiger partial charge in [0.2, 0.25) is 5.89 Å². The van der Waals surface area contributed by atoms with Crippen LogP contribution in [0.3, 0.4) is 0 Å². The molecule has 1 aliphatic rings. The molecule has 0 aromatic carbocycles. The SMILES string of the molecule is Cc1nc(CC2CCCN(Cc3cc(=O)n4cc(Cl)ccc4n3)C2)no1. The second-order valence-corrected chi connectivity index (χ2v) is 7.27. The second kappa shape index (κ2) is 7.17. The Labute approximate surface area is 155 Å². The van der Waals surface area contributed by atoms with Crippen LogP contribution in [-0.4, -0.2) is 37.5 Å². The fraction of sp³-hybridized carbons (Fsp3) is 0.444. The number of fused-ring (bicyclic) bond motifs is 1. The maximum Gasteiger partial charge on any atom is 0.258 e. The molecular formula is C18H20ClN5O2. The minimum absolute atomic E-state index is 0.108. The summed E-state index contributed by atoms with van der Waals surface area (Å²) in [6.07, 6.45) is 4.68. The Morgan fingerprint density at radius 3 is 3.04 bits per heavy atom. The van der Waals surface area contributed by atoms with Crippen molar-refractivity contribution < 1.29 is 4.52 Å². The van der Waals surface area contributed by atoms with Gasteiger partial charge in [-0.05, 0) is 37.4 Å². The largest absolute Gasteiger partial charge is 0.340 e. The molecule has 1 aliphatic heterocycles. The number of piperidine rings is 1. The van der Waals surface area contributed by atoms with Gasteiger partial charge in [-0.15, -0.1) is 0 Å². The maximum atomic E-state index is 12.3. The Morgan fingerprint density at radius 1 is 1.35 bits per heavy atom. The quantitative estimate of drug-likeness (QED) is 0.699. The lowest BCUT2D eigenvalue weighted by Crippen LogP contribution is -2.36. The summed E-state index contributed by atoms with van der Waals surface area (Å²) >= 11 is 5.96. The second-order valence-electron chi connectivity index (χ2n) is 6.84. The standard InChI is InChI=1S/C18H20ClN5O2/c1-12-20-16(22-26-12)7-13-3-2-6-23(9-13)11-15-8-18(25)24-10-14(19)4-5-17(24)21-15/h4-5,8,10,13H,2-3,6-7,9,11H2,1H3. The molecule has 7 nitrogen and oxygen atoms in total. The topological polar surface area (TPSA) is 76.5 Å². The summed E-state index contributed by atoms with van der Waals surface area (Å²) in [5.74, 6) is 1.86. The van der Waals surface area contributed by atoms with Gasteiger partial charge in [-0.25, -0.2) is 4.98 Å². The van der Waals surface area contributed by atoms with Crippen LogP contribution in [0.4, 0.5) is 0 Å². The number of likely N-dealkylation sites (tertiary alicyclic amines) is 1. The molecule has 1 fully saturated rings. The maximum absolute atomic E-state index is 12.3. The molecule has 0 bridgehead atoms. The lowest BCUT2D eigenvalue weighted by molar-refractivity contribution is 0.163. The predicted octanol–water partition coefficient (Wildman–Crippen LogP) is 2.49. The van der Waals surface area contributed by atoms with Crippen LogP contribution >= 0.6 is 11.6 Å². The van der Waals surface area contributed by atoms with Gasteiger partial charge < -0.3 is 4.52 Å². The van der Waals surface area contributed by atoms with Crippen LogP contribution in [0.15, 0.2) is 33.7 Å². The molecule has 26 heavy (non-hydrogen) atoms. The van der Waals surface area contributed by atoms with Crippen LogP contribution in [0.5, 0.6) is 0 Å². The van der Waals surface area contributed by atoms with Crippen LogP contribution in [0.1, 0.15) is 30.3 Å². The highest BCUT2D eigenvalue weighted by atomic mass is 35.5. The van der Waals surface area contributed by atoms with E-state index in [-0.39, 0.29) is 5.56 Å². The van der Waals surface area contributed by atoms with Crippen molar-refractivity contribution >= 4 is 17.2 Å². The van der Waals surface area contributed by atoms with Crippen LogP contribution < -0.4 is 5.56 Å². The smallest absolute Gasteiger partial charge is 0.258 e. The Balaban J connectivity index is 1.47. The summed E-state index contributed by atoms with van der Waals surface area (Å²) in [4.78, 5) is 23.6. The lowest BCUT2D eigenvalue weighted by Gasteiger charge is -2.31. The van der Waals surface area contributed by atoms with Crippen molar-refractivity contribution in [3.8, 4) is 0 Å². The van der Waals surface area contributed by atoms with E-state index in [0.29, 0.717) is 29.0 Å². The predicted molar refractivity (Wildman–Crippen MR) is 97.2 cm³/mol. The third-order valence-corrected chi connectivity index (χ3v) is 4.93. The zero-order valence-electron chi connectivity index (χ0n) is 14.6. The minimum atomic E-state index is -0.108. The van der Waals surface area contributed by atoms with Gasteiger partial charge in [0.1, 0.15) is 5.65 Å². The normalized spacial score (nSPS) is 18.5. The zero-order valence-corrected chi connectivity index (χ0v) is 15.3. The van der Waals surface area contributed by atoms with E-state index in [1.54, 1.807) is 31.3 Å². The number of aromatic nitrogens is 4. The van der Waals surface area contributed by atoms with E-state index in [9.17, 15) is 4.79 Å². The number of rotatable bonds is 4. The number of hydrogen-bond acceptors (Lipinski definition) is 6. The van der Waals surface area contributed by atoms with Crippen LogP contribution in [0.2, 0.25) is 5.02 Å². The van der Waals surface area contributed by atoms with Gasteiger partial charge in [-0.2, -0.15) is 4.98 Å². The molecule has 4 rings (SSSR count). The number of pyridine rings is 1. The van der Waals surface area contributed by atoms with Crippen molar-refractivity contribution in [2.45, 2.75) is 32.7 Å². The summed E-state index contributed by atoms with van der Waals surface area (Å²) in [7, 11) is 0. The summed E-state index contributed by atoms with van der Waals surface area (Å²) < 4.78 is 6.54. The van der Waals surface area contributed by atoms with Crippen molar-refractivity contribution in [1.82, 2.24) is 24.4 Å². The molecule has 136 valence electrons. The molecule has 4 heterocycles. The Morgan fingerprint density at radius 2 is 2.23 bits per heavy atom. The van der Waals surface area contributed by atoms with Crippen molar-refractivity contribution in [3.63, 3.8) is 0 Å². The van der Waals surface area contributed by atoms with E-state index in [4.69, 9.17) is 16.1 Å². The molecule has 1 saturated heterocycles. The molecule has 0 saturated carbocycles. The Kier molecular flexibility index (Phi) is 4.74. The molecule has 0 aliphatic carbocycles. The molecule has 1 unspecified atom stereocenters. The number of halogens is 1. The van der Waals surface area contributed by atoms with Crippen molar-refractivity contribution in [2.24, 2.45) is 5.92 Å². The lowest BCUT2D eigenvalue weighted by atomic mass is 9.94. The Bertz CT molecular complexity index is 983. The summed E-state index contributed by atoms with van der Waals surface area (Å²) in [6, 6.07) is 5.11. The highest BCUT2D eigenvalue weighted by Gasteiger charge is 2.22. The van der Waals surface area contributed by atoms with Crippen molar-refractivity contribution in [1.29, 1.82) is 0 Å². The van der Waals surface area contributed by atoms with E-state index in [1.807, 2.05) is 0 Å². The molecule has 0 amide bonds. The Hall–Kier alpha value is -2.25. The monoisotopic (exact) mass is 373 g/mol. The van der Waals surface area contributed by atoms with Gasteiger partial charge in [0.05, 0.1) is 10.7 Å². The average molecular weight is 374 g/mol. The zero-order chi connectivity index (χ0) is 18.1. The first-order valence-electron chi connectivity index (χ1n) is 8.76. The molecule has 0 N–H and O–H groups in total. The van der Waals surface area contributed by atoms with Crippen LogP contribution in [-0.2, 0) is 13.0 Å². The highest BCUT2D eigenvalue weighted by Crippen LogP contribution is 2.21. The minimum Gasteiger partial charge on any atom is -0.340 e. The van der Waals surface area contributed by atoms with E-state index >= 15 is 0 Å². The molecule has 0 radical (unpaired) electrons. The fourth-order valence-electron chi connectivity index (χ4n) is 3.58. The van der Waals surface area contributed by atoms with Gasteiger partial charge in [-0.1, -0.05) is 16.8 Å². The number of nitrogens with zero attached hydrogens (tertiary/aromatic N) is 5. The molecule has 3 aromatic rings. The fourth-order valence-corrected chi connectivity index (χ4v) is 3.74. The van der Waals surface area contributed by atoms with Gasteiger partial charge in [0, 0.05) is 38.7 Å². The molecular weight excluding hydrogens is 354 g/mol. The molecule has 1 atom stereocenters. The van der Waals surface area contributed by atoms with E-state index in [1.165, 1.54) is 4.40 Å². The molecule has 3 aromatic heterocycles. The summed E-state index contributed by atoms with van der Waals surface area (Å²) in [5, 5.41) is 4.52. The van der Waals surface area contributed by atoms with E-state index in [2.05, 4.69) is 20.0 Å². The molecule has 8 heteroatoms. The average Bonchev–Trinajstić information content (AvgIpc) is 3.01. The van der Waals surface area contributed by atoms with Crippen molar-refractivity contribution in [2.75, 3.05) is 13.1 Å². The van der Waals surface area contributed by atoms with Crippen LogP contribution in [0, 0.1) is 12.8 Å². The van der Waals surface area contributed by atoms with Gasteiger partial charge in [0.15, 0.2) is 5.82 Å². The number of aryl methyl sites for hydroxylation is 1. The van der Waals surface area contributed by atoms with Gasteiger partial charge in [0.25, 0.3) is 5.56 Å². The third kappa shape index (κ3) is 3.78. The summed E-state index contributed by atoms with van der Waals surface area (Å²) in [5.41, 5.74) is 1.30. The highest BCUT2D eigenvalue weighted by molar-refractivity contribution is 6.30. The first-order chi connectivity index (χ1) is 12.6. The van der Waals surface area contributed by atoms with Gasteiger partial charge in [-0.3, -0.25) is 14.1 Å². The van der Waals surface area contributed by atoms with Crippen LogP contribution in [0.25, 0.3) is 5.65 Å². The number of hydrogen-bond donors (Lipinski definition) is 0. The van der Waals surface area contributed by atoms with Crippen molar-refractivity contribution in [3.05, 3.63) is 57.2 Å². The first kappa shape index (κ1) is 17.2. The van der Waals surface area contributed by atoms with E-state index < -0.39 is 0 Å².